The Labute approximate surface area is 223 Å². The van der Waals surface area contributed by atoms with Crippen LogP contribution in [0.3, 0.4) is 0 Å². The second kappa shape index (κ2) is 11.5. The van der Waals surface area contributed by atoms with Crippen molar-refractivity contribution >= 4 is 36.5 Å². The summed E-state index contributed by atoms with van der Waals surface area (Å²) in [6.45, 7) is 15.1. The van der Waals surface area contributed by atoms with Crippen molar-refractivity contribution in [2.24, 2.45) is 0 Å². The van der Waals surface area contributed by atoms with Crippen molar-refractivity contribution in [2.45, 2.75) is 64.7 Å². The number of amides is 1. The molecule has 2 aromatic rings. The van der Waals surface area contributed by atoms with Gasteiger partial charge in [0.25, 0.3) is 5.91 Å². The van der Waals surface area contributed by atoms with E-state index in [-0.39, 0.29) is 47.3 Å². The molecule has 0 bridgehead atoms. The number of Topliss-reactive ketones (excluding diaryl/α,β-unsaturated/α-hetero) is 1. The zero-order chi connectivity index (χ0) is 23.8. The van der Waals surface area contributed by atoms with Gasteiger partial charge in [-0.25, -0.2) is 0 Å². The molecule has 2 aromatic carbocycles. The zero-order valence-electron chi connectivity index (χ0n) is 21.7. The van der Waals surface area contributed by atoms with Gasteiger partial charge in [-0.15, -0.1) is 24.8 Å². The monoisotopic (exact) mass is 518 g/mol. The van der Waals surface area contributed by atoms with Crippen LogP contribution in [0.1, 0.15) is 84.9 Å². The molecule has 6 heteroatoms. The Morgan fingerprint density at radius 3 is 2.17 bits per heavy atom. The number of carbonyl (C=O) groups is 2. The molecule has 1 aliphatic heterocycles. The fourth-order valence-electron chi connectivity index (χ4n) is 5.13. The molecule has 4 nitrogen and oxygen atoms in total. The van der Waals surface area contributed by atoms with Gasteiger partial charge in [0.2, 0.25) is 0 Å². The number of nitrogens with zero attached hydrogens (tertiary/aromatic N) is 2. The molecule has 0 saturated carbocycles. The highest BCUT2D eigenvalue weighted by atomic mass is 35.5. The van der Waals surface area contributed by atoms with Gasteiger partial charge in [-0.1, -0.05) is 58.9 Å². The van der Waals surface area contributed by atoms with Crippen LogP contribution in [-0.4, -0.2) is 54.2 Å². The fourth-order valence-corrected chi connectivity index (χ4v) is 5.13. The second-order valence-corrected chi connectivity index (χ2v) is 11.4. The Bertz CT molecular complexity index is 1040. The third-order valence-electron chi connectivity index (χ3n) is 7.48. The van der Waals surface area contributed by atoms with Crippen LogP contribution in [0.15, 0.2) is 42.5 Å². The lowest BCUT2D eigenvalue weighted by Crippen LogP contribution is -2.49. The maximum Gasteiger partial charge on any atom is 0.253 e. The van der Waals surface area contributed by atoms with Gasteiger partial charge in [0.1, 0.15) is 0 Å². The van der Waals surface area contributed by atoms with E-state index < -0.39 is 0 Å². The summed E-state index contributed by atoms with van der Waals surface area (Å²) in [5.41, 5.74) is 5.74. The highest BCUT2D eigenvalue weighted by Crippen LogP contribution is 2.42. The van der Waals surface area contributed by atoms with E-state index in [1.165, 1.54) is 16.7 Å². The molecule has 4 rings (SSSR count). The Kier molecular flexibility index (Phi) is 9.60. The van der Waals surface area contributed by atoms with E-state index in [1.54, 1.807) is 0 Å². The molecule has 0 unspecified atom stereocenters. The summed E-state index contributed by atoms with van der Waals surface area (Å²) in [6, 6.07) is 14.0. The Hall–Kier alpha value is -1.88. The van der Waals surface area contributed by atoms with Gasteiger partial charge < -0.3 is 4.90 Å². The fraction of sp³-hybridized carbons (Fsp3) is 0.517. The van der Waals surface area contributed by atoms with Crippen molar-refractivity contribution in [3.05, 3.63) is 70.3 Å². The van der Waals surface area contributed by atoms with Crippen LogP contribution in [0.25, 0.3) is 0 Å². The Morgan fingerprint density at radius 1 is 0.943 bits per heavy atom. The van der Waals surface area contributed by atoms with Gasteiger partial charge in [0.05, 0.1) is 0 Å². The highest BCUT2D eigenvalue weighted by molar-refractivity contribution is 5.98. The molecule has 0 atom stereocenters. The van der Waals surface area contributed by atoms with Crippen molar-refractivity contribution in [1.29, 1.82) is 0 Å². The molecular weight excluding hydrogens is 479 g/mol. The molecule has 192 valence electrons. The number of benzene rings is 2. The number of fused-ring (bicyclic) bond motifs is 1. The van der Waals surface area contributed by atoms with Crippen molar-refractivity contribution in [2.75, 3.05) is 32.7 Å². The first-order chi connectivity index (χ1) is 15.6. The van der Waals surface area contributed by atoms with Gasteiger partial charge >= 0.3 is 0 Å². The van der Waals surface area contributed by atoms with Crippen LogP contribution >= 0.6 is 24.8 Å². The molecule has 2 aliphatic rings. The number of carbonyl (C=O) groups excluding carboxylic acids is 2. The molecular formula is C29H40Cl2N2O2. The van der Waals surface area contributed by atoms with Crippen molar-refractivity contribution in [3.8, 4) is 0 Å². The number of ketones is 1. The van der Waals surface area contributed by atoms with Gasteiger partial charge in [-0.05, 0) is 58.6 Å². The minimum atomic E-state index is 0. The van der Waals surface area contributed by atoms with Crippen LogP contribution in [-0.2, 0) is 17.3 Å². The Balaban J connectivity index is 0.00000216. The minimum absolute atomic E-state index is 0. The van der Waals surface area contributed by atoms with Gasteiger partial charge in [0, 0.05) is 50.3 Å². The molecule has 1 fully saturated rings. The van der Waals surface area contributed by atoms with Gasteiger partial charge in [0.15, 0.2) is 5.78 Å². The van der Waals surface area contributed by atoms with E-state index in [2.05, 4.69) is 51.7 Å². The molecule has 1 saturated heterocycles. The minimum Gasteiger partial charge on any atom is -0.336 e. The third-order valence-corrected chi connectivity index (χ3v) is 7.48. The number of halogens is 2. The number of hydrogen-bond donors (Lipinski definition) is 0. The average Bonchev–Trinajstić information content (AvgIpc) is 3.11. The summed E-state index contributed by atoms with van der Waals surface area (Å²) < 4.78 is 0. The predicted molar refractivity (Wildman–Crippen MR) is 149 cm³/mol. The first-order valence-electron chi connectivity index (χ1n) is 12.3. The maximum absolute atomic E-state index is 13.4. The number of rotatable bonds is 5. The van der Waals surface area contributed by atoms with Crippen molar-refractivity contribution in [3.63, 3.8) is 0 Å². The van der Waals surface area contributed by atoms with Crippen molar-refractivity contribution in [1.82, 2.24) is 9.80 Å². The maximum atomic E-state index is 13.4. The first-order valence-corrected chi connectivity index (χ1v) is 12.3. The number of hydrogen-bond acceptors (Lipinski definition) is 3. The molecule has 0 spiro atoms. The SMILES string of the molecule is CC(C)(C)c1cc(C(=O)CCN2CCN(C(=O)c3ccccc3)CC2)c2c(c1)C(C)(C)CC2.Cl.Cl. The van der Waals surface area contributed by atoms with Gasteiger partial charge in [-0.2, -0.15) is 0 Å². The summed E-state index contributed by atoms with van der Waals surface area (Å²) >= 11 is 0. The standard InChI is InChI=1S/C29H38N2O2.2ClH/c1-28(2,3)22-19-24(23-11-13-29(4,5)25(23)20-22)26(32)12-14-30-15-17-31(18-16-30)27(33)21-9-7-6-8-10-21;;/h6-10,19-20H,11-18H2,1-5H3;2*1H. The molecule has 0 aromatic heterocycles. The van der Waals surface area contributed by atoms with E-state index in [0.717, 1.165) is 43.6 Å². The van der Waals surface area contributed by atoms with Crippen LogP contribution in [0.5, 0.6) is 0 Å². The number of piperazine rings is 1. The molecule has 0 radical (unpaired) electrons. The summed E-state index contributed by atoms with van der Waals surface area (Å²) in [4.78, 5) is 30.3. The summed E-state index contributed by atoms with van der Waals surface area (Å²) in [6.07, 6.45) is 2.63. The first kappa shape index (κ1) is 29.4. The topological polar surface area (TPSA) is 40.6 Å². The molecule has 1 amide bonds. The van der Waals surface area contributed by atoms with Crippen LogP contribution in [0.4, 0.5) is 0 Å². The lowest BCUT2D eigenvalue weighted by molar-refractivity contribution is 0.0628. The summed E-state index contributed by atoms with van der Waals surface area (Å²) in [7, 11) is 0. The summed E-state index contributed by atoms with van der Waals surface area (Å²) in [5, 5.41) is 0. The largest absolute Gasteiger partial charge is 0.336 e. The van der Waals surface area contributed by atoms with E-state index in [0.29, 0.717) is 19.5 Å². The quantitative estimate of drug-likeness (QED) is 0.450. The van der Waals surface area contributed by atoms with E-state index >= 15 is 0 Å². The summed E-state index contributed by atoms with van der Waals surface area (Å²) in [5.74, 6) is 0.362. The second-order valence-electron chi connectivity index (χ2n) is 11.4. The smallest absolute Gasteiger partial charge is 0.253 e. The van der Waals surface area contributed by atoms with Crippen LogP contribution < -0.4 is 0 Å². The highest BCUT2D eigenvalue weighted by Gasteiger charge is 2.34. The van der Waals surface area contributed by atoms with Gasteiger partial charge in [-0.3, -0.25) is 14.5 Å². The lowest BCUT2D eigenvalue weighted by Gasteiger charge is -2.34. The predicted octanol–water partition coefficient (Wildman–Crippen LogP) is 6.08. The third kappa shape index (κ3) is 6.47. The Morgan fingerprint density at radius 2 is 1.57 bits per heavy atom. The zero-order valence-corrected chi connectivity index (χ0v) is 23.4. The van der Waals surface area contributed by atoms with Crippen molar-refractivity contribution < 1.29 is 9.59 Å². The normalized spacial score (nSPS) is 17.2. The van der Waals surface area contributed by atoms with Crippen LogP contribution in [0.2, 0.25) is 0 Å². The van der Waals surface area contributed by atoms with E-state index in [4.69, 9.17) is 0 Å². The van der Waals surface area contributed by atoms with Crippen LogP contribution in [0, 0.1) is 0 Å². The molecule has 0 N–H and O–H groups in total. The average molecular weight is 520 g/mol. The lowest BCUT2D eigenvalue weighted by atomic mass is 9.79. The molecule has 1 aliphatic carbocycles. The molecule has 35 heavy (non-hydrogen) atoms. The van der Waals surface area contributed by atoms with E-state index in [1.807, 2.05) is 35.2 Å². The van der Waals surface area contributed by atoms with E-state index in [9.17, 15) is 9.59 Å². The molecule has 1 heterocycles.